The van der Waals surface area contributed by atoms with E-state index in [-0.39, 0.29) is 21.5 Å². The highest BCUT2D eigenvalue weighted by molar-refractivity contribution is 8.27. The molecule has 0 radical (unpaired) electrons. The molecule has 2 heterocycles. The molecule has 1 saturated heterocycles. The number of allylic oxidation sites excluding steroid dienone is 1. The van der Waals surface area contributed by atoms with Crippen LogP contribution in [0.4, 0.5) is 5.69 Å². The molecular formula is C21H15ClN2O3S2. The topological polar surface area (TPSA) is 73.4 Å². The number of H-pyrrole nitrogens is 1. The number of aryl methyl sites for hydroxylation is 2. The Morgan fingerprint density at radius 1 is 1.28 bits per heavy atom. The van der Waals surface area contributed by atoms with Crippen LogP contribution in [0.15, 0.2) is 47.5 Å². The van der Waals surface area contributed by atoms with Crippen LogP contribution in [0.1, 0.15) is 21.5 Å². The highest BCUT2D eigenvalue weighted by Gasteiger charge is 2.34. The zero-order chi connectivity index (χ0) is 20.9. The summed E-state index contributed by atoms with van der Waals surface area (Å²) in [6.45, 7) is 3.64. The number of hydrogen-bond acceptors (Lipinski definition) is 5. The molecule has 0 atom stereocenters. The summed E-state index contributed by atoms with van der Waals surface area (Å²) in [7, 11) is 0. The molecule has 3 aromatic rings. The lowest BCUT2D eigenvalue weighted by atomic mass is 10.1. The van der Waals surface area contributed by atoms with Gasteiger partial charge in [0, 0.05) is 28.7 Å². The van der Waals surface area contributed by atoms with Crippen LogP contribution in [-0.2, 0) is 4.79 Å². The van der Waals surface area contributed by atoms with Crippen LogP contribution in [0, 0.1) is 13.8 Å². The molecule has 146 valence electrons. The van der Waals surface area contributed by atoms with Crippen LogP contribution in [0.3, 0.4) is 0 Å². The molecule has 0 unspecified atom stereocenters. The highest BCUT2D eigenvalue weighted by Crippen LogP contribution is 2.39. The van der Waals surface area contributed by atoms with E-state index >= 15 is 0 Å². The quantitative estimate of drug-likeness (QED) is 0.328. The summed E-state index contributed by atoms with van der Waals surface area (Å²) in [6, 6.07) is 8.90. The van der Waals surface area contributed by atoms with Crippen molar-refractivity contribution in [1.82, 2.24) is 4.98 Å². The molecule has 29 heavy (non-hydrogen) atoms. The molecule has 1 aromatic heterocycles. The predicted octanol–water partition coefficient (Wildman–Crippen LogP) is 5.28. The number of fused-ring (bicyclic) bond motifs is 1. The van der Waals surface area contributed by atoms with E-state index in [4.69, 9.17) is 23.8 Å². The van der Waals surface area contributed by atoms with Crippen LogP contribution < -0.4 is 4.90 Å². The van der Waals surface area contributed by atoms with Gasteiger partial charge in [0.2, 0.25) is 0 Å². The largest absolute Gasteiger partial charge is 0.506 e. The number of hydrogen-bond donors (Lipinski definition) is 2. The summed E-state index contributed by atoms with van der Waals surface area (Å²) in [6.07, 6.45) is 2.96. The number of anilines is 1. The molecule has 5 nitrogen and oxygen atoms in total. The van der Waals surface area contributed by atoms with E-state index in [0.29, 0.717) is 21.1 Å². The van der Waals surface area contributed by atoms with Crippen molar-refractivity contribution >= 4 is 68.2 Å². The Bertz CT molecular complexity index is 1220. The zero-order valence-corrected chi connectivity index (χ0v) is 17.8. The van der Waals surface area contributed by atoms with Crippen molar-refractivity contribution in [2.24, 2.45) is 0 Å². The Hall–Kier alpha value is -2.61. The first-order valence-electron chi connectivity index (χ1n) is 8.65. The number of thioether (sulfide) groups is 1. The summed E-state index contributed by atoms with van der Waals surface area (Å²) in [5.41, 5.74) is 3.37. The number of amides is 1. The minimum absolute atomic E-state index is 0.0405. The smallest absolute Gasteiger partial charge is 0.270 e. The van der Waals surface area contributed by atoms with Gasteiger partial charge in [0.1, 0.15) is 5.75 Å². The third kappa shape index (κ3) is 3.46. The number of phenolic OH excluding ortho intramolecular Hbond substituents is 1. The maximum atomic E-state index is 12.9. The first kappa shape index (κ1) is 19.7. The SMILES string of the molecule is Cc1ccc2[nH]cc(C(=O)/C=C3\SC(=S)N(c4cc(C)c(O)c(Cl)c4)C3=O)c2c1. The number of aromatic hydroxyl groups is 1. The fraction of sp³-hybridized carbons (Fsp3) is 0.0952. The number of phenols is 1. The summed E-state index contributed by atoms with van der Waals surface area (Å²) in [4.78, 5) is 30.4. The van der Waals surface area contributed by atoms with Gasteiger partial charge >= 0.3 is 0 Å². The second-order valence-corrected chi connectivity index (χ2v) is 8.81. The number of ketones is 1. The number of thiocarbonyl (C=S) groups is 1. The van der Waals surface area contributed by atoms with Crippen molar-refractivity contribution in [3.63, 3.8) is 0 Å². The number of nitrogens with one attached hydrogen (secondary N) is 1. The van der Waals surface area contributed by atoms with Crippen LogP contribution in [0.25, 0.3) is 10.9 Å². The number of halogens is 1. The van der Waals surface area contributed by atoms with Crippen LogP contribution >= 0.6 is 35.6 Å². The predicted molar refractivity (Wildman–Crippen MR) is 121 cm³/mol. The Balaban J connectivity index is 1.68. The number of carbonyl (C=O) groups excluding carboxylic acids is 2. The Kier molecular flexibility index (Phi) is 4.98. The molecule has 1 fully saturated rings. The lowest BCUT2D eigenvalue weighted by Crippen LogP contribution is -2.27. The number of nitrogens with zero attached hydrogens (tertiary/aromatic N) is 1. The van der Waals surface area contributed by atoms with Crippen molar-refractivity contribution in [2.45, 2.75) is 13.8 Å². The van der Waals surface area contributed by atoms with Crippen molar-refractivity contribution in [2.75, 3.05) is 4.90 Å². The number of benzene rings is 2. The fourth-order valence-corrected chi connectivity index (χ4v) is 4.70. The van der Waals surface area contributed by atoms with Gasteiger partial charge in [0.25, 0.3) is 5.91 Å². The van der Waals surface area contributed by atoms with E-state index in [9.17, 15) is 14.7 Å². The van der Waals surface area contributed by atoms with Crippen molar-refractivity contribution in [3.8, 4) is 5.75 Å². The summed E-state index contributed by atoms with van der Waals surface area (Å²) in [5.74, 6) is -0.714. The summed E-state index contributed by atoms with van der Waals surface area (Å²) < 4.78 is 0.296. The monoisotopic (exact) mass is 442 g/mol. The Morgan fingerprint density at radius 3 is 2.76 bits per heavy atom. The van der Waals surface area contributed by atoms with E-state index in [2.05, 4.69) is 4.98 Å². The van der Waals surface area contributed by atoms with E-state index in [1.165, 1.54) is 17.0 Å². The lowest BCUT2D eigenvalue weighted by Gasteiger charge is -2.16. The average molecular weight is 443 g/mol. The molecule has 2 aromatic carbocycles. The van der Waals surface area contributed by atoms with Gasteiger partial charge in [0.15, 0.2) is 10.1 Å². The molecule has 1 aliphatic rings. The molecule has 0 spiro atoms. The second-order valence-electron chi connectivity index (χ2n) is 6.73. The van der Waals surface area contributed by atoms with Gasteiger partial charge in [-0.3, -0.25) is 14.5 Å². The lowest BCUT2D eigenvalue weighted by molar-refractivity contribution is -0.113. The number of carbonyl (C=O) groups is 2. The third-order valence-corrected chi connectivity index (χ3v) is 6.25. The molecule has 0 aliphatic carbocycles. The van der Waals surface area contributed by atoms with Gasteiger partial charge in [0.05, 0.1) is 15.6 Å². The molecule has 1 amide bonds. The Morgan fingerprint density at radius 2 is 2.03 bits per heavy atom. The first-order chi connectivity index (χ1) is 13.8. The molecule has 4 rings (SSSR count). The minimum atomic E-state index is -0.398. The van der Waals surface area contributed by atoms with Gasteiger partial charge in [-0.15, -0.1) is 0 Å². The van der Waals surface area contributed by atoms with Crippen LogP contribution in [0.2, 0.25) is 5.02 Å². The molecular weight excluding hydrogens is 428 g/mol. The van der Waals surface area contributed by atoms with Crippen LogP contribution in [0.5, 0.6) is 5.75 Å². The van der Waals surface area contributed by atoms with Crippen LogP contribution in [-0.4, -0.2) is 26.1 Å². The number of aromatic nitrogens is 1. The molecule has 2 N–H and O–H groups in total. The van der Waals surface area contributed by atoms with E-state index < -0.39 is 5.91 Å². The normalized spacial score (nSPS) is 15.7. The molecule has 0 saturated carbocycles. The number of aromatic amines is 1. The maximum Gasteiger partial charge on any atom is 0.270 e. The van der Waals surface area contributed by atoms with Gasteiger partial charge in [-0.25, -0.2) is 0 Å². The molecule has 1 aliphatic heterocycles. The second kappa shape index (κ2) is 7.33. The van der Waals surface area contributed by atoms with Gasteiger partial charge in [-0.2, -0.15) is 0 Å². The van der Waals surface area contributed by atoms with E-state index in [1.807, 2.05) is 25.1 Å². The average Bonchev–Trinajstić information content (AvgIpc) is 3.19. The first-order valence-corrected chi connectivity index (χ1v) is 10.3. The van der Waals surface area contributed by atoms with Gasteiger partial charge in [-0.05, 0) is 43.7 Å². The van der Waals surface area contributed by atoms with E-state index in [0.717, 1.165) is 28.2 Å². The summed E-state index contributed by atoms with van der Waals surface area (Å²) >= 11 is 12.4. The van der Waals surface area contributed by atoms with Crippen molar-refractivity contribution < 1.29 is 14.7 Å². The standard InChI is InChI=1S/C21H15ClN2O3S2/c1-10-3-4-16-13(5-10)14(9-23-16)17(25)8-18-20(27)24(21(28)29-18)12-6-11(2)19(26)15(22)7-12/h3-9,23,26H,1-2H3/b18-8-. The fourth-order valence-electron chi connectivity index (χ4n) is 3.17. The van der Waals surface area contributed by atoms with Gasteiger partial charge < -0.3 is 10.1 Å². The van der Waals surface area contributed by atoms with Crippen molar-refractivity contribution in [1.29, 1.82) is 0 Å². The third-order valence-electron chi connectivity index (χ3n) is 4.66. The Labute approximate surface area is 181 Å². The maximum absolute atomic E-state index is 12.9. The van der Waals surface area contributed by atoms with E-state index in [1.54, 1.807) is 19.2 Å². The summed E-state index contributed by atoms with van der Waals surface area (Å²) in [5, 5.41) is 10.8. The van der Waals surface area contributed by atoms with Crippen molar-refractivity contribution in [3.05, 3.63) is 69.2 Å². The molecule has 8 heteroatoms. The zero-order valence-electron chi connectivity index (χ0n) is 15.4. The van der Waals surface area contributed by atoms with Gasteiger partial charge in [-0.1, -0.05) is 47.2 Å². The number of rotatable bonds is 3. The molecule has 0 bridgehead atoms. The minimum Gasteiger partial charge on any atom is -0.506 e. The highest BCUT2D eigenvalue weighted by atomic mass is 35.5.